The molecule has 1 amide bonds. The number of fused-ring (bicyclic) bond motifs is 1. The lowest BCUT2D eigenvalue weighted by molar-refractivity contribution is -0.145. The molecule has 0 saturated carbocycles. The number of amides is 1. The molecule has 0 spiro atoms. The van der Waals surface area contributed by atoms with E-state index in [0.29, 0.717) is 18.8 Å². The maximum absolute atomic E-state index is 12.4. The Hall–Kier alpha value is -1.93. The Labute approximate surface area is 124 Å². The summed E-state index contributed by atoms with van der Waals surface area (Å²) in [6.07, 6.45) is 3.81. The van der Waals surface area contributed by atoms with E-state index in [0.717, 1.165) is 4.96 Å². The number of rotatable bonds is 4. The Morgan fingerprint density at radius 1 is 1.52 bits per heavy atom. The van der Waals surface area contributed by atoms with Crippen molar-refractivity contribution < 1.29 is 19.4 Å². The summed E-state index contributed by atoms with van der Waals surface area (Å²) in [5.74, 6) is -1.03. The summed E-state index contributed by atoms with van der Waals surface area (Å²) in [4.78, 5) is 30.1. The van der Waals surface area contributed by atoms with Gasteiger partial charge in [0.1, 0.15) is 0 Å². The minimum Gasteiger partial charge on any atom is -0.481 e. The van der Waals surface area contributed by atoms with Crippen molar-refractivity contribution in [2.75, 3.05) is 19.8 Å². The van der Waals surface area contributed by atoms with E-state index in [9.17, 15) is 9.59 Å². The number of hydrogen-bond acceptors (Lipinski definition) is 5. The highest BCUT2D eigenvalue weighted by atomic mass is 32.1. The van der Waals surface area contributed by atoms with Gasteiger partial charge in [0, 0.05) is 24.3 Å². The van der Waals surface area contributed by atoms with Crippen LogP contribution in [-0.2, 0) is 20.7 Å². The van der Waals surface area contributed by atoms with E-state index >= 15 is 0 Å². The number of carbonyl (C=O) groups is 2. The van der Waals surface area contributed by atoms with Gasteiger partial charge in [-0.1, -0.05) is 0 Å². The predicted molar refractivity (Wildman–Crippen MR) is 75.3 cm³/mol. The summed E-state index contributed by atoms with van der Waals surface area (Å²) >= 11 is 1.51. The number of carboxylic acids is 1. The number of thiazole rings is 1. The van der Waals surface area contributed by atoms with Gasteiger partial charge < -0.3 is 14.7 Å². The molecule has 8 heteroatoms. The molecular formula is C13H15N3O4S. The topological polar surface area (TPSA) is 84.1 Å². The monoisotopic (exact) mass is 309 g/mol. The van der Waals surface area contributed by atoms with Crippen molar-refractivity contribution in [1.82, 2.24) is 14.3 Å². The Morgan fingerprint density at radius 2 is 2.38 bits per heavy atom. The van der Waals surface area contributed by atoms with Crippen molar-refractivity contribution >= 4 is 28.2 Å². The van der Waals surface area contributed by atoms with Gasteiger partial charge >= 0.3 is 5.97 Å². The fourth-order valence-electron chi connectivity index (χ4n) is 2.47. The van der Waals surface area contributed by atoms with E-state index in [1.807, 2.05) is 22.2 Å². The number of hydrogen-bond donors (Lipinski definition) is 1. The minimum absolute atomic E-state index is 0.0932. The molecule has 112 valence electrons. The van der Waals surface area contributed by atoms with Crippen LogP contribution in [0.4, 0.5) is 0 Å². The van der Waals surface area contributed by atoms with Crippen LogP contribution in [0.2, 0.25) is 0 Å². The largest absolute Gasteiger partial charge is 0.481 e. The van der Waals surface area contributed by atoms with Crippen LogP contribution in [0, 0.1) is 0 Å². The number of aliphatic carboxylic acids is 1. The van der Waals surface area contributed by atoms with Gasteiger partial charge in [-0.2, -0.15) is 0 Å². The number of carboxylic acid groups (broad SMARTS) is 1. The molecule has 0 radical (unpaired) electrons. The summed E-state index contributed by atoms with van der Waals surface area (Å²) in [5, 5.41) is 10.8. The molecule has 0 bridgehead atoms. The second kappa shape index (κ2) is 5.82. The van der Waals surface area contributed by atoms with Gasteiger partial charge in [0.2, 0.25) is 5.91 Å². The molecule has 2 aromatic heterocycles. The maximum atomic E-state index is 12.4. The van der Waals surface area contributed by atoms with Gasteiger partial charge in [0.15, 0.2) is 4.96 Å². The number of morpholine rings is 1. The van der Waals surface area contributed by atoms with Gasteiger partial charge in [-0.25, -0.2) is 4.98 Å². The molecule has 0 aliphatic carbocycles. The van der Waals surface area contributed by atoms with Crippen LogP contribution in [-0.4, -0.2) is 57.1 Å². The molecule has 1 aliphatic heterocycles. The lowest BCUT2D eigenvalue weighted by atomic mass is 10.1. The first kappa shape index (κ1) is 14.0. The first-order chi connectivity index (χ1) is 10.1. The minimum atomic E-state index is -0.925. The van der Waals surface area contributed by atoms with Gasteiger partial charge in [-0.15, -0.1) is 11.3 Å². The second-order valence-electron chi connectivity index (χ2n) is 4.92. The van der Waals surface area contributed by atoms with Crippen molar-refractivity contribution in [2.45, 2.75) is 18.9 Å². The zero-order valence-electron chi connectivity index (χ0n) is 11.3. The molecule has 2 aromatic rings. The number of aromatic nitrogens is 2. The van der Waals surface area contributed by atoms with Crippen molar-refractivity contribution in [2.24, 2.45) is 0 Å². The first-order valence-electron chi connectivity index (χ1n) is 6.63. The Balaban J connectivity index is 1.70. The zero-order valence-corrected chi connectivity index (χ0v) is 12.1. The van der Waals surface area contributed by atoms with Gasteiger partial charge in [0.05, 0.1) is 37.8 Å². The number of ether oxygens (including phenoxy) is 1. The van der Waals surface area contributed by atoms with Gasteiger partial charge in [-0.3, -0.25) is 14.0 Å². The third-order valence-electron chi connectivity index (χ3n) is 3.43. The van der Waals surface area contributed by atoms with Crippen LogP contribution < -0.4 is 0 Å². The van der Waals surface area contributed by atoms with Crippen LogP contribution in [0.5, 0.6) is 0 Å². The maximum Gasteiger partial charge on any atom is 0.305 e. The Morgan fingerprint density at radius 3 is 3.14 bits per heavy atom. The lowest BCUT2D eigenvalue weighted by Gasteiger charge is -2.34. The molecular weight excluding hydrogens is 294 g/mol. The second-order valence-corrected chi connectivity index (χ2v) is 5.79. The summed E-state index contributed by atoms with van der Waals surface area (Å²) in [6.45, 7) is 1.15. The van der Waals surface area contributed by atoms with Gasteiger partial charge in [0.25, 0.3) is 0 Å². The van der Waals surface area contributed by atoms with Crippen LogP contribution in [0.3, 0.4) is 0 Å². The molecule has 1 N–H and O–H groups in total. The SMILES string of the molecule is O=C(O)CC1COCCN1C(=O)Cc1cn2ccsc2n1. The van der Waals surface area contributed by atoms with E-state index in [1.165, 1.54) is 11.3 Å². The fraction of sp³-hybridized carbons (Fsp3) is 0.462. The normalized spacial score (nSPS) is 19.0. The van der Waals surface area contributed by atoms with Crippen LogP contribution in [0.15, 0.2) is 17.8 Å². The third-order valence-corrected chi connectivity index (χ3v) is 4.20. The highest BCUT2D eigenvalue weighted by Gasteiger charge is 2.29. The summed E-state index contributed by atoms with van der Waals surface area (Å²) in [7, 11) is 0. The summed E-state index contributed by atoms with van der Waals surface area (Å²) < 4.78 is 7.15. The van der Waals surface area contributed by atoms with Crippen LogP contribution >= 0.6 is 11.3 Å². The summed E-state index contributed by atoms with van der Waals surface area (Å²) in [5.41, 5.74) is 0.701. The summed E-state index contributed by atoms with van der Waals surface area (Å²) in [6, 6.07) is -0.396. The van der Waals surface area contributed by atoms with Gasteiger partial charge in [-0.05, 0) is 0 Å². The number of carbonyl (C=O) groups excluding carboxylic acids is 1. The first-order valence-corrected chi connectivity index (χ1v) is 7.51. The van der Waals surface area contributed by atoms with E-state index in [4.69, 9.17) is 9.84 Å². The molecule has 1 fully saturated rings. The van der Waals surface area contributed by atoms with Crippen molar-refractivity contribution in [3.05, 3.63) is 23.5 Å². The fourth-order valence-corrected chi connectivity index (χ4v) is 3.19. The smallest absolute Gasteiger partial charge is 0.305 e. The molecule has 3 rings (SSSR count). The molecule has 1 aliphatic rings. The molecule has 21 heavy (non-hydrogen) atoms. The highest BCUT2D eigenvalue weighted by molar-refractivity contribution is 7.15. The average Bonchev–Trinajstić information content (AvgIpc) is 2.99. The number of imidazole rings is 1. The van der Waals surface area contributed by atoms with Crippen molar-refractivity contribution in [3.8, 4) is 0 Å². The molecule has 0 aromatic carbocycles. The average molecular weight is 309 g/mol. The van der Waals surface area contributed by atoms with Crippen molar-refractivity contribution in [3.63, 3.8) is 0 Å². The van der Waals surface area contributed by atoms with E-state index < -0.39 is 12.0 Å². The third kappa shape index (κ3) is 3.06. The molecule has 1 unspecified atom stereocenters. The van der Waals surface area contributed by atoms with E-state index in [1.54, 1.807) is 4.90 Å². The van der Waals surface area contributed by atoms with E-state index in [-0.39, 0.29) is 25.4 Å². The quantitative estimate of drug-likeness (QED) is 0.896. The van der Waals surface area contributed by atoms with Crippen LogP contribution in [0.1, 0.15) is 12.1 Å². The Bertz CT molecular complexity index is 637. The Kier molecular flexibility index (Phi) is 3.89. The van der Waals surface area contributed by atoms with Crippen LogP contribution in [0.25, 0.3) is 4.96 Å². The number of nitrogens with zero attached hydrogens (tertiary/aromatic N) is 3. The standard InChI is InChI=1S/C13H15N3O4S/c17-11(5-9-7-15-2-4-21-13(15)14-9)16-1-3-20-8-10(16)6-12(18)19/h2,4,7,10H,1,3,5-6,8H2,(H,18,19). The predicted octanol–water partition coefficient (Wildman–Crippen LogP) is 0.640. The lowest BCUT2D eigenvalue weighted by Crippen LogP contribution is -2.50. The molecule has 1 atom stereocenters. The molecule has 7 nitrogen and oxygen atoms in total. The molecule has 3 heterocycles. The molecule has 1 saturated heterocycles. The highest BCUT2D eigenvalue weighted by Crippen LogP contribution is 2.15. The van der Waals surface area contributed by atoms with Crippen molar-refractivity contribution in [1.29, 1.82) is 0 Å². The van der Waals surface area contributed by atoms with E-state index in [2.05, 4.69) is 4.98 Å². The zero-order chi connectivity index (χ0) is 14.8.